The molecule has 4 N–H and O–H groups in total. The van der Waals surface area contributed by atoms with Crippen LogP contribution < -0.4 is 10.9 Å². The molecule has 0 aliphatic heterocycles. The van der Waals surface area contributed by atoms with Crippen molar-refractivity contribution in [3.05, 3.63) is 40.7 Å². The second-order valence-electron chi connectivity index (χ2n) is 4.18. The Bertz CT molecular complexity index is 686. The van der Waals surface area contributed by atoms with E-state index in [0.29, 0.717) is 11.4 Å². The average Bonchev–Trinajstić information content (AvgIpc) is 2.86. The lowest BCUT2D eigenvalue weighted by atomic mass is 10.1. The number of nitrogens with one attached hydrogen (secondary N) is 3. The fraction of sp³-hybridized carbons (Fsp3) is 0.154. The smallest absolute Gasteiger partial charge is 0.329 e. The topological polar surface area (TPSA) is 124 Å². The Morgan fingerprint density at radius 1 is 1.14 bits per heavy atom. The van der Waals surface area contributed by atoms with Crippen molar-refractivity contribution < 1.29 is 19.4 Å². The van der Waals surface area contributed by atoms with Gasteiger partial charge in [0.05, 0.1) is 5.69 Å². The van der Waals surface area contributed by atoms with E-state index in [1.54, 1.807) is 24.3 Å². The molecule has 21 heavy (non-hydrogen) atoms. The van der Waals surface area contributed by atoms with Crippen LogP contribution in [0.15, 0.2) is 35.1 Å². The Hall–Kier alpha value is -2.87. The summed E-state index contributed by atoms with van der Waals surface area (Å²) in [5, 5.41) is 16.1. The van der Waals surface area contributed by atoms with E-state index >= 15 is 0 Å². The molecule has 1 heterocycles. The molecule has 1 aromatic carbocycles. The molecule has 8 nitrogen and oxygen atoms in total. The number of aliphatic carboxylic acids is 1. The van der Waals surface area contributed by atoms with Crippen molar-refractivity contribution in [2.75, 3.05) is 18.5 Å². The first-order valence-electron chi connectivity index (χ1n) is 6.02. The van der Waals surface area contributed by atoms with Crippen molar-refractivity contribution in [2.24, 2.45) is 0 Å². The Morgan fingerprint density at radius 3 is 2.43 bits per heavy atom. The first-order valence-corrected chi connectivity index (χ1v) is 6.02. The highest BCUT2D eigenvalue weighted by Gasteiger charge is 2.05. The SMILES string of the molecule is O=C(O)COCC(=O)Nc1ccc(-c2cc(=O)[nH][nH]2)cc1. The predicted octanol–water partition coefficient (Wildman–Crippen LogP) is 0.410. The van der Waals surface area contributed by atoms with Crippen LogP contribution in [0.5, 0.6) is 0 Å². The van der Waals surface area contributed by atoms with E-state index in [4.69, 9.17) is 5.11 Å². The van der Waals surface area contributed by atoms with Crippen molar-refractivity contribution in [2.45, 2.75) is 0 Å². The van der Waals surface area contributed by atoms with Crippen molar-refractivity contribution in [1.82, 2.24) is 10.2 Å². The number of aromatic nitrogens is 2. The van der Waals surface area contributed by atoms with E-state index in [2.05, 4.69) is 20.3 Å². The summed E-state index contributed by atoms with van der Waals surface area (Å²) < 4.78 is 4.67. The highest BCUT2D eigenvalue weighted by molar-refractivity contribution is 5.92. The second-order valence-corrected chi connectivity index (χ2v) is 4.18. The molecular formula is C13H13N3O5. The zero-order valence-corrected chi connectivity index (χ0v) is 10.9. The maximum atomic E-state index is 11.5. The molecule has 0 saturated heterocycles. The molecule has 0 aliphatic carbocycles. The number of anilines is 1. The Labute approximate surface area is 118 Å². The number of hydrogen-bond acceptors (Lipinski definition) is 4. The summed E-state index contributed by atoms with van der Waals surface area (Å²) in [6.07, 6.45) is 0. The summed E-state index contributed by atoms with van der Waals surface area (Å²) in [4.78, 5) is 32.7. The highest BCUT2D eigenvalue weighted by Crippen LogP contribution is 2.17. The number of hydrogen-bond donors (Lipinski definition) is 4. The Kier molecular flexibility index (Phi) is 4.52. The lowest BCUT2D eigenvalue weighted by Gasteiger charge is -2.06. The van der Waals surface area contributed by atoms with Gasteiger partial charge < -0.3 is 15.2 Å². The summed E-state index contributed by atoms with van der Waals surface area (Å²) in [6, 6.07) is 8.21. The molecule has 0 saturated carbocycles. The van der Waals surface area contributed by atoms with E-state index in [0.717, 1.165) is 5.56 Å². The summed E-state index contributed by atoms with van der Waals surface area (Å²) in [6.45, 7) is -0.855. The lowest BCUT2D eigenvalue weighted by Crippen LogP contribution is -2.20. The molecule has 0 unspecified atom stereocenters. The van der Waals surface area contributed by atoms with Crippen LogP contribution in [0, 0.1) is 0 Å². The summed E-state index contributed by atoms with van der Waals surface area (Å²) in [5.41, 5.74) is 1.75. The number of carbonyl (C=O) groups excluding carboxylic acids is 1. The Balaban J connectivity index is 1.92. The van der Waals surface area contributed by atoms with Gasteiger partial charge in [0.2, 0.25) is 5.91 Å². The van der Waals surface area contributed by atoms with Gasteiger partial charge in [-0.3, -0.25) is 19.8 Å². The third-order valence-electron chi connectivity index (χ3n) is 2.53. The molecule has 0 atom stereocenters. The minimum atomic E-state index is -1.13. The van der Waals surface area contributed by atoms with Crippen molar-refractivity contribution >= 4 is 17.6 Å². The fourth-order valence-electron chi connectivity index (χ4n) is 1.65. The van der Waals surface area contributed by atoms with E-state index < -0.39 is 18.5 Å². The Morgan fingerprint density at radius 2 is 1.86 bits per heavy atom. The van der Waals surface area contributed by atoms with Crippen LogP contribution in [0.1, 0.15) is 0 Å². The third-order valence-corrected chi connectivity index (χ3v) is 2.53. The van der Waals surface area contributed by atoms with Crippen LogP contribution in [0.25, 0.3) is 11.3 Å². The van der Waals surface area contributed by atoms with Gasteiger partial charge in [0.25, 0.3) is 5.56 Å². The zero-order chi connectivity index (χ0) is 15.2. The van der Waals surface area contributed by atoms with Gasteiger partial charge in [0.1, 0.15) is 13.2 Å². The van der Waals surface area contributed by atoms with Gasteiger partial charge in [-0.1, -0.05) is 12.1 Å². The van der Waals surface area contributed by atoms with Crippen LogP contribution in [0.3, 0.4) is 0 Å². The minimum absolute atomic E-state index is 0.224. The molecule has 0 spiro atoms. The van der Waals surface area contributed by atoms with Crippen LogP contribution >= 0.6 is 0 Å². The number of carboxylic acids is 1. The number of aromatic amines is 2. The van der Waals surface area contributed by atoms with E-state index in [9.17, 15) is 14.4 Å². The van der Waals surface area contributed by atoms with Gasteiger partial charge >= 0.3 is 5.97 Å². The molecule has 2 rings (SSSR count). The number of ether oxygens (including phenoxy) is 1. The second kappa shape index (κ2) is 6.53. The molecule has 1 amide bonds. The summed E-state index contributed by atoms with van der Waals surface area (Å²) in [5.74, 6) is -1.58. The maximum Gasteiger partial charge on any atom is 0.329 e. The number of benzene rings is 1. The molecule has 0 aliphatic rings. The molecule has 110 valence electrons. The summed E-state index contributed by atoms with van der Waals surface area (Å²) >= 11 is 0. The molecule has 1 aromatic heterocycles. The normalized spacial score (nSPS) is 10.3. The van der Waals surface area contributed by atoms with E-state index in [-0.39, 0.29) is 12.2 Å². The van der Waals surface area contributed by atoms with Crippen LogP contribution in [0.2, 0.25) is 0 Å². The molecular weight excluding hydrogens is 278 g/mol. The largest absolute Gasteiger partial charge is 0.480 e. The van der Waals surface area contributed by atoms with Crippen LogP contribution in [-0.4, -0.2) is 40.4 Å². The quantitative estimate of drug-likeness (QED) is 0.613. The molecule has 2 aromatic rings. The minimum Gasteiger partial charge on any atom is -0.480 e. The van der Waals surface area contributed by atoms with Gasteiger partial charge in [0.15, 0.2) is 0 Å². The first-order chi connectivity index (χ1) is 10.0. The highest BCUT2D eigenvalue weighted by atomic mass is 16.5. The van der Waals surface area contributed by atoms with Gasteiger partial charge in [0, 0.05) is 11.8 Å². The molecule has 8 heteroatoms. The lowest BCUT2D eigenvalue weighted by molar-refractivity contribution is -0.143. The molecule has 0 radical (unpaired) electrons. The monoisotopic (exact) mass is 291 g/mol. The standard InChI is InChI=1S/C13H13N3O5/c17-11-5-10(15-16-11)8-1-3-9(4-2-8)14-12(18)6-21-7-13(19)20/h1-5H,6-7H2,(H,14,18)(H,19,20)(H2,15,16,17). The van der Waals surface area contributed by atoms with Crippen LogP contribution in [0.4, 0.5) is 5.69 Å². The van der Waals surface area contributed by atoms with Gasteiger partial charge in [-0.25, -0.2) is 4.79 Å². The molecule has 0 fully saturated rings. The summed E-state index contributed by atoms with van der Waals surface area (Å²) in [7, 11) is 0. The number of carbonyl (C=O) groups is 2. The maximum absolute atomic E-state index is 11.5. The third kappa shape index (κ3) is 4.32. The zero-order valence-electron chi connectivity index (χ0n) is 10.9. The number of amides is 1. The predicted molar refractivity (Wildman–Crippen MR) is 73.9 cm³/mol. The molecule has 0 bridgehead atoms. The van der Waals surface area contributed by atoms with Gasteiger partial charge in [-0.2, -0.15) is 0 Å². The number of rotatable bonds is 6. The number of carboxylic acid groups (broad SMARTS) is 1. The van der Waals surface area contributed by atoms with E-state index in [1.807, 2.05) is 0 Å². The van der Waals surface area contributed by atoms with Crippen molar-refractivity contribution in [3.63, 3.8) is 0 Å². The van der Waals surface area contributed by atoms with Crippen LogP contribution in [-0.2, 0) is 14.3 Å². The van der Waals surface area contributed by atoms with E-state index in [1.165, 1.54) is 6.07 Å². The first kappa shape index (κ1) is 14.5. The fourth-order valence-corrected chi connectivity index (χ4v) is 1.65. The van der Waals surface area contributed by atoms with Crippen molar-refractivity contribution in [3.8, 4) is 11.3 Å². The van der Waals surface area contributed by atoms with Gasteiger partial charge in [-0.15, -0.1) is 0 Å². The average molecular weight is 291 g/mol. The number of H-pyrrole nitrogens is 2. The van der Waals surface area contributed by atoms with Crippen molar-refractivity contribution in [1.29, 1.82) is 0 Å². The van der Waals surface area contributed by atoms with Gasteiger partial charge in [-0.05, 0) is 17.7 Å².